The third-order valence-electron chi connectivity index (χ3n) is 13.4. The first-order valence-electron chi connectivity index (χ1n) is 18.3. The number of hydrogen-bond donors (Lipinski definition) is 4. The van der Waals surface area contributed by atoms with Crippen LogP contribution in [0.2, 0.25) is 0 Å². The highest BCUT2D eigenvalue weighted by molar-refractivity contribution is 6.01. The van der Waals surface area contributed by atoms with Crippen molar-refractivity contribution < 1.29 is 43.9 Å². The number of anilines is 1. The molecule has 52 heavy (non-hydrogen) atoms. The Morgan fingerprint density at radius 2 is 1.83 bits per heavy atom. The Labute approximate surface area is 301 Å². The molecule has 0 spiro atoms. The fourth-order valence-corrected chi connectivity index (χ4v) is 10.6. The lowest BCUT2D eigenvalue weighted by Gasteiger charge is -2.59. The van der Waals surface area contributed by atoms with E-state index < -0.39 is 46.7 Å². The molecular formula is C39H48FN3O9. The highest BCUT2D eigenvalue weighted by atomic mass is 19.1. The third-order valence-corrected chi connectivity index (χ3v) is 13.4. The van der Waals surface area contributed by atoms with E-state index in [1.807, 2.05) is 31.9 Å². The van der Waals surface area contributed by atoms with Crippen LogP contribution in [0.3, 0.4) is 0 Å². The molecule has 6 aliphatic rings. The number of carboxylic acids is 1. The van der Waals surface area contributed by atoms with Crippen molar-refractivity contribution in [2.75, 3.05) is 51.3 Å². The maximum atomic E-state index is 15.0. The zero-order valence-electron chi connectivity index (χ0n) is 30.1. The molecule has 4 N–H and O–H groups in total. The number of fused-ring (bicyclic) bond motifs is 5. The lowest BCUT2D eigenvalue weighted by Crippen LogP contribution is -2.61. The Morgan fingerprint density at radius 3 is 2.50 bits per heavy atom. The van der Waals surface area contributed by atoms with Crippen molar-refractivity contribution in [1.82, 2.24) is 9.47 Å². The van der Waals surface area contributed by atoms with E-state index in [4.69, 9.17) is 4.74 Å². The summed E-state index contributed by atoms with van der Waals surface area (Å²) < 4.78 is 22.6. The van der Waals surface area contributed by atoms with Crippen LogP contribution < -0.4 is 15.1 Å². The average Bonchev–Trinajstić information content (AvgIpc) is 3.37. The summed E-state index contributed by atoms with van der Waals surface area (Å²) in [6.45, 7) is 8.42. The van der Waals surface area contributed by atoms with Gasteiger partial charge in [-0.3, -0.25) is 14.4 Å². The van der Waals surface area contributed by atoms with Crippen molar-refractivity contribution in [1.29, 1.82) is 0 Å². The lowest BCUT2D eigenvalue weighted by molar-refractivity contribution is -0.178. The van der Waals surface area contributed by atoms with E-state index in [0.29, 0.717) is 42.9 Å². The summed E-state index contributed by atoms with van der Waals surface area (Å²) in [6, 6.07) is 0.994. The van der Waals surface area contributed by atoms with Gasteiger partial charge in [0, 0.05) is 49.1 Å². The van der Waals surface area contributed by atoms with E-state index in [0.717, 1.165) is 44.0 Å². The van der Waals surface area contributed by atoms with Crippen LogP contribution in [0.5, 0.6) is 5.75 Å². The number of rotatable bonds is 4. The number of allylic oxidation sites excluding steroid dienone is 4. The highest BCUT2D eigenvalue weighted by Gasteiger charge is 2.68. The number of aliphatic hydroxyl groups excluding tert-OH is 2. The second-order valence-corrected chi connectivity index (χ2v) is 16.2. The molecule has 0 unspecified atom stereocenters. The molecule has 8 rings (SSSR count). The molecule has 2 aliphatic heterocycles. The van der Waals surface area contributed by atoms with Gasteiger partial charge in [-0.15, -0.1) is 0 Å². The zero-order chi connectivity index (χ0) is 37.5. The van der Waals surface area contributed by atoms with Crippen molar-refractivity contribution in [3.8, 4) is 5.75 Å². The first-order chi connectivity index (χ1) is 24.6. The minimum absolute atomic E-state index is 0.00912. The van der Waals surface area contributed by atoms with E-state index in [-0.39, 0.29) is 52.6 Å². The molecule has 2 aromatic rings. The molecule has 0 radical (unpaired) electrons. The number of aromatic carboxylic acids is 1. The van der Waals surface area contributed by atoms with Gasteiger partial charge in [0.1, 0.15) is 30.1 Å². The quantitative estimate of drug-likeness (QED) is 0.366. The Balaban J connectivity index is 0.000000162. The molecule has 1 aromatic carbocycles. The van der Waals surface area contributed by atoms with Crippen molar-refractivity contribution in [3.63, 3.8) is 0 Å². The van der Waals surface area contributed by atoms with Gasteiger partial charge in [0.15, 0.2) is 23.1 Å². The van der Waals surface area contributed by atoms with Gasteiger partial charge in [-0.25, -0.2) is 9.18 Å². The number of halogens is 1. The third kappa shape index (κ3) is 5.37. The van der Waals surface area contributed by atoms with Gasteiger partial charge in [0.25, 0.3) is 0 Å². The Morgan fingerprint density at radius 1 is 1.12 bits per heavy atom. The van der Waals surface area contributed by atoms with E-state index in [1.165, 1.54) is 6.20 Å². The standard InChI is InChI=1S/C21H28O5.C18H20FN3O4/c1-19-7-5-13(23)9-12(19)3-4-14-15-6-8-21(26,17(25)11-22)20(15,2)10-16(24)18(14)19;1-10-9-26-17-14-11(16(23)12(18(24)25)8-22(10)14)7-13(19)15(17)21-5-3-20(2)4-6-21/h5,7,9,14-16,18,22,24,26H,3-4,6,8,10-11H2,1-2H3;7-8,10H,3-6,9H2,1-2H3,(H,24,25)/t14-,15-,16-,18+,19-,20-,21-;10-/m00/s1. The van der Waals surface area contributed by atoms with E-state index in [2.05, 4.69) is 11.8 Å². The number of hydrogen-bond acceptors (Lipinski definition) is 10. The molecule has 13 heteroatoms. The van der Waals surface area contributed by atoms with Crippen LogP contribution in [0.1, 0.15) is 69.3 Å². The molecule has 4 aliphatic carbocycles. The molecule has 12 nitrogen and oxygen atoms in total. The summed E-state index contributed by atoms with van der Waals surface area (Å²) >= 11 is 0. The van der Waals surface area contributed by atoms with Gasteiger partial charge in [0.05, 0.1) is 23.0 Å². The SMILES string of the molecule is C[C@H]1COc2c(N3CCN(C)CC3)c(F)cc3c(=O)c(C(=O)O)cn1c23.C[C@]12C=CC(=O)C=C1CC[C@@H]1[C@@H]2[C@@H](O)C[C@@]2(C)[C@H]1CC[C@]2(O)C(=O)CO. The molecule has 1 saturated heterocycles. The molecule has 4 fully saturated rings. The number of nitrogens with zero attached hydrogens (tertiary/aromatic N) is 3. The number of aromatic nitrogens is 1. The van der Waals surface area contributed by atoms with Crippen molar-refractivity contribution in [2.24, 2.45) is 28.6 Å². The molecule has 1 aromatic heterocycles. The molecule has 8 atom stereocenters. The number of carboxylic acid groups (broad SMARTS) is 1. The van der Waals surface area contributed by atoms with E-state index >= 15 is 0 Å². The first kappa shape index (κ1) is 36.4. The fraction of sp³-hybridized carbons (Fsp3) is 0.590. The zero-order valence-corrected chi connectivity index (χ0v) is 30.1. The molecule has 3 saturated carbocycles. The minimum Gasteiger partial charge on any atom is -0.487 e. The van der Waals surface area contributed by atoms with Gasteiger partial charge < -0.3 is 39.5 Å². The smallest absolute Gasteiger partial charge is 0.341 e. The van der Waals surface area contributed by atoms with E-state index in [1.54, 1.807) is 16.7 Å². The second kappa shape index (κ2) is 12.9. The monoisotopic (exact) mass is 721 g/mol. The van der Waals surface area contributed by atoms with Crippen molar-refractivity contribution in [3.05, 3.63) is 57.7 Å². The van der Waals surface area contributed by atoms with Crippen LogP contribution in [0, 0.1) is 34.4 Å². The van der Waals surface area contributed by atoms with Gasteiger partial charge in [-0.05, 0) is 76.1 Å². The molecule has 280 valence electrons. The normalized spacial score (nSPS) is 35.1. The second-order valence-electron chi connectivity index (χ2n) is 16.2. The summed E-state index contributed by atoms with van der Waals surface area (Å²) in [6.07, 6.45) is 9.02. The van der Waals surface area contributed by atoms with Crippen LogP contribution in [-0.2, 0) is 9.59 Å². The Hall–Kier alpha value is -3.91. The van der Waals surface area contributed by atoms with Crippen molar-refractivity contribution >= 4 is 34.1 Å². The number of benzene rings is 1. The maximum absolute atomic E-state index is 15.0. The van der Waals surface area contributed by atoms with E-state index in [9.17, 15) is 44.0 Å². The van der Waals surface area contributed by atoms with Crippen molar-refractivity contribution in [2.45, 2.75) is 70.6 Å². The summed E-state index contributed by atoms with van der Waals surface area (Å²) in [5, 5.41) is 41.0. The number of ketones is 2. The van der Waals surface area contributed by atoms with Gasteiger partial charge in [0.2, 0.25) is 5.43 Å². The molecule has 0 amide bonds. The number of likely N-dealkylation sites (N-methyl/N-ethyl adjacent to an activating group) is 1. The molecule has 3 heterocycles. The molecular weight excluding hydrogens is 673 g/mol. The Kier molecular flexibility index (Phi) is 9.04. The number of piperazine rings is 1. The number of Topliss-reactive ketones (excluding diaryl/α,β-unsaturated/α-hetero) is 1. The van der Waals surface area contributed by atoms with Crippen LogP contribution in [-0.4, -0.2) is 106 Å². The highest BCUT2D eigenvalue weighted by Crippen LogP contribution is 2.67. The Bertz CT molecular complexity index is 1970. The summed E-state index contributed by atoms with van der Waals surface area (Å²) in [4.78, 5) is 52.2. The molecule has 0 bridgehead atoms. The largest absolute Gasteiger partial charge is 0.487 e. The minimum atomic E-state index is -1.56. The van der Waals surface area contributed by atoms with Crippen LogP contribution in [0.15, 0.2) is 40.9 Å². The predicted octanol–water partition coefficient (Wildman–Crippen LogP) is 3.10. The maximum Gasteiger partial charge on any atom is 0.341 e. The number of pyridine rings is 1. The van der Waals surface area contributed by atoms with Crippen LogP contribution in [0.4, 0.5) is 10.1 Å². The van der Waals surface area contributed by atoms with Gasteiger partial charge in [-0.1, -0.05) is 25.5 Å². The van der Waals surface area contributed by atoms with Crippen LogP contribution in [0.25, 0.3) is 10.9 Å². The summed E-state index contributed by atoms with van der Waals surface area (Å²) in [7, 11) is 2.02. The van der Waals surface area contributed by atoms with Gasteiger partial charge in [-0.2, -0.15) is 0 Å². The first-order valence-corrected chi connectivity index (χ1v) is 18.3. The summed E-state index contributed by atoms with van der Waals surface area (Å²) in [5.74, 6) is -1.77. The fourth-order valence-electron chi connectivity index (χ4n) is 10.6. The number of aliphatic hydroxyl groups is 3. The lowest BCUT2D eigenvalue weighted by atomic mass is 9.46. The average molecular weight is 722 g/mol. The number of ether oxygens (including phenoxy) is 1. The van der Waals surface area contributed by atoms with Gasteiger partial charge >= 0.3 is 5.97 Å². The summed E-state index contributed by atoms with van der Waals surface area (Å²) in [5.41, 5.74) is -1.77. The van der Waals surface area contributed by atoms with Crippen LogP contribution >= 0.6 is 0 Å². The number of carbonyl (C=O) groups excluding carboxylic acids is 2. The topological polar surface area (TPSA) is 170 Å². The predicted molar refractivity (Wildman–Crippen MR) is 190 cm³/mol. The number of carbonyl (C=O) groups is 3.